The van der Waals surface area contributed by atoms with Crippen LogP contribution in [0.1, 0.15) is 46.4 Å². The minimum absolute atomic E-state index is 0.0532. The van der Waals surface area contributed by atoms with Gasteiger partial charge >= 0.3 is 0 Å². The third kappa shape index (κ3) is 2.51. The Labute approximate surface area is 121 Å². The predicted octanol–water partition coefficient (Wildman–Crippen LogP) is 1.51. The Hall–Kier alpha value is -2.30. The SMILES string of the molecule is O=C1CCC(CC2CC(=O)c3ccccc3C2=O)C(=O)N1. The van der Waals surface area contributed by atoms with Crippen molar-refractivity contribution < 1.29 is 19.2 Å². The highest BCUT2D eigenvalue weighted by Crippen LogP contribution is 2.31. The van der Waals surface area contributed by atoms with E-state index in [2.05, 4.69) is 5.32 Å². The smallest absolute Gasteiger partial charge is 0.229 e. The molecule has 21 heavy (non-hydrogen) atoms. The van der Waals surface area contributed by atoms with Crippen molar-refractivity contribution >= 4 is 23.4 Å². The summed E-state index contributed by atoms with van der Waals surface area (Å²) in [4.78, 5) is 47.5. The molecule has 5 nitrogen and oxygen atoms in total. The number of rotatable bonds is 2. The number of carbonyl (C=O) groups excluding carboxylic acids is 4. The Morgan fingerprint density at radius 3 is 2.43 bits per heavy atom. The van der Waals surface area contributed by atoms with Gasteiger partial charge in [-0.05, 0) is 12.8 Å². The number of amides is 2. The normalized spacial score (nSPS) is 25.5. The minimum Gasteiger partial charge on any atom is -0.296 e. The summed E-state index contributed by atoms with van der Waals surface area (Å²) in [5.74, 6) is -1.55. The first-order valence-corrected chi connectivity index (χ1v) is 7.06. The molecule has 1 fully saturated rings. The van der Waals surface area contributed by atoms with Crippen LogP contribution in [-0.2, 0) is 9.59 Å². The second-order valence-corrected chi connectivity index (χ2v) is 5.62. The van der Waals surface area contributed by atoms with Gasteiger partial charge in [-0.2, -0.15) is 0 Å². The van der Waals surface area contributed by atoms with Crippen LogP contribution in [0.2, 0.25) is 0 Å². The van der Waals surface area contributed by atoms with Gasteiger partial charge in [-0.15, -0.1) is 0 Å². The van der Waals surface area contributed by atoms with Crippen LogP contribution in [0, 0.1) is 11.8 Å². The van der Waals surface area contributed by atoms with Crippen LogP contribution in [0.5, 0.6) is 0 Å². The number of nitrogens with one attached hydrogen (secondary N) is 1. The molecule has 0 radical (unpaired) electrons. The van der Waals surface area contributed by atoms with E-state index >= 15 is 0 Å². The molecule has 5 heteroatoms. The standard InChI is InChI=1S/C16H15NO4/c18-13-8-10(7-9-5-6-14(19)17-16(9)21)15(20)12-4-2-1-3-11(12)13/h1-4,9-10H,5-8H2,(H,17,19,21). The number of benzene rings is 1. The summed E-state index contributed by atoms with van der Waals surface area (Å²) in [6.45, 7) is 0. The summed E-state index contributed by atoms with van der Waals surface area (Å²) >= 11 is 0. The molecule has 2 amide bonds. The molecule has 0 bridgehead atoms. The largest absolute Gasteiger partial charge is 0.296 e. The lowest BCUT2D eigenvalue weighted by Crippen LogP contribution is -2.42. The first kappa shape index (κ1) is 13.7. The number of piperidine rings is 1. The number of ketones is 2. The third-order valence-electron chi connectivity index (χ3n) is 4.22. The van der Waals surface area contributed by atoms with Gasteiger partial charge in [-0.3, -0.25) is 24.5 Å². The zero-order valence-corrected chi connectivity index (χ0v) is 11.4. The van der Waals surface area contributed by atoms with Gasteiger partial charge < -0.3 is 0 Å². The molecule has 0 spiro atoms. The van der Waals surface area contributed by atoms with Crippen LogP contribution in [0.15, 0.2) is 24.3 Å². The van der Waals surface area contributed by atoms with E-state index in [9.17, 15) is 19.2 Å². The van der Waals surface area contributed by atoms with Gasteiger partial charge in [0.25, 0.3) is 0 Å². The summed E-state index contributed by atoms with van der Waals surface area (Å²) in [5, 5.41) is 2.29. The van der Waals surface area contributed by atoms with Crippen LogP contribution < -0.4 is 5.32 Å². The molecule has 1 aliphatic carbocycles. The minimum atomic E-state index is -0.462. The number of hydrogen-bond donors (Lipinski definition) is 1. The maximum atomic E-state index is 12.5. The summed E-state index contributed by atoms with van der Waals surface area (Å²) < 4.78 is 0. The topological polar surface area (TPSA) is 80.3 Å². The van der Waals surface area contributed by atoms with E-state index in [0.717, 1.165) is 0 Å². The molecule has 1 N–H and O–H groups in total. The monoisotopic (exact) mass is 285 g/mol. The average Bonchev–Trinajstić information content (AvgIpc) is 2.47. The van der Waals surface area contributed by atoms with E-state index in [1.807, 2.05) is 0 Å². The Morgan fingerprint density at radius 1 is 1.00 bits per heavy atom. The van der Waals surface area contributed by atoms with E-state index in [4.69, 9.17) is 0 Å². The van der Waals surface area contributed by atoms with Crippen molar-refractivity contribution in [2.45, 2.75) is 25.7 Å². The maximum absolute atomic E-state index is 12.5. The van der Waals surface area contributed by atoms with Gasteiger partial charge in [0.2, 0.25) is 11.8 Å². The fourth-order valence-electron chi connectivity index (χ4n) is 3.08. The number of Topliss-reactive ketones (excluding diaryl/α,β-unsaturated/α-hetero) is 2. The van der Waals surface area contributed by atoms with Crippen LogP contribution in [0.3, 0.4) is 0 Å². The van der Waals surface area contributed by atoms with Gasteiger partial charge in [-0.1, -0.05) is 24.3 Å². The van der Waals surface area contributed by atoms with E-state index in [-0.39, 0.29) is 35.7 Å². The molecule has 1 saturated heterocycles. The average molecular weight is 285 g/mol. The molecule has 1 aromatic rings. The lowest BCUT2D eigenvalue weighted by atomic mass is 9.76. The molecule has 1 heterocycles. The highest BCUT2D eigenvalue weighted by molar-refractivity contribution is 6.15. The fraction of sp³-hybridized carbons (Fsp3) is 0.375. The summed E-state index contributed by atoms with van der Waals surface area (Å²) in [7, 11) is 0. The van der Waals surface area contributed by atoms with E-state index in [1.54, 1.807) is 24.3 Å². The molecule has 2 unspecified atom stereocenters. The quantitative estimate of drug-likeness (QED) is 0.835. The third-order valence-corrected chi connectivity index (χ3v) is 4.22. The first-order valence-electron chi connectivity index (χ1n) is 7.06. The van der Waals surface area contributed by atoms with Crippen LogP contribution in [0.25, 0.3) is 0 Å². The second kappa shape index (κ2) is 5.24. The highest BCUT2D eigenvalue weighted by Gasteiger charge is 2.36. The second-order valence-electron chi connectivity index (χ2n) is 5.62. The molecule has 108 valence electrons. The van der Waals surface area contributed by atoms with Crippen molar-refractivity contribution in [3.05, 3.63) is 35.4 Å². The lowest BCUT2D eigenvalue weighted by molar-refractivity contribution is -0.136. The molecule has 2 aliphatic rings. The zero-order valence-electron chi connectivity index (χ0n) is 11.4. The molecule has 1 aliphatic heterocycles. The molecule has 2 atom stereocenters. The van der Waals surface area contributed by atoms with Crippen LogP contribution in [0.4, 0.5) is 0 Å². The Morgan fingerprint density at radius 2 is 1.71 bits per heavy atom. The first-order chi connectivity index (χ1) is 10.1. The van der Waals surface area contributed by atoms with E-state index in [0.29, 0.717) is 30.4 Å². The van der Waals surface area contributed by atoms with Crippen molar-refractivity contribution in [2.24, 2.45) is 11.8 Å². The molecule has 1 aromatic carbocycles. The van der Waals surface area contributed by atoms with Gasteiger partial charge in [0.1, 0.15) is 0 Å². The summed E-state index contributed by atoms with van der Waals surface area (Å²) in [6.07, 6.45) is 1.22. The molecule has 0 aromatic heterocycles. The van der Waals surface area contributed by atoms with Crippen molar-refractivity contribution in [3.8, 4) is 0 Å². The zero-order chi connectivity index (χ0) is 15.0. The van der Waals surface area contributed by atoms with E-state index < -0.39 is 5.92 Å². The molecule has 3 rings (SSSR count). The number of fused-ring (bicyclic) bond motifs is 1. The highest BCUT2D eigenvalue weighted by atomic mass is 16.2. The molecular formula is C16H15NO4. The number of imide groups is 1. The van der Waals surface area contributed by atoms with Gasteiger partial charge in [0.05, 0.1) is 0 Å². The Balaban J connectivity index is 1.79. The van der Waals surface area contributed by atoms with E-state index in [1.165, 1.54) is 0 Å². The predicted molar refractivity (Wildman–Crippen MR) is 73.7 cm³/mol. The van der Waals surface area contributed by atoms with Crippen LogP contribution in [-0.4, -0.2) is 23.4 Å². The summed E-state index contributed by atoms with van der Waals surface area (Å²) in [5.41, 5.74) is 0.924. The molecular weight excluding hydrogens is 270 g/mol. The lowest BCUT2D eigenvalue weighted by Gasteiger charge is -2.27. The van der Waals surface area contributed by atoms with Crippen molar-refractivity contribution in [1.82, 2.24) is 5.32 Å². The number of carbonyl (C=O) groups is 4. The van der Waals surface area contributed by atoms with Crippen molar-refractivity contribution in [2.75, 3.05) is 0 Å². The molecule has 0 saturated carbocycles. The van der Waals surface area contributed by atoms with Crippen LogP contribution >= 0.6 is 0 Å². The fourth-order valence-corrected chi connectivity index (χ4v) is 3.08. The Kier molecular flexibility index (Phi) is 3.41. The van der Waals surface area contributed by atoms with Crippen molar-refractivity contribution in [3.63, 3.8) is 0 Å². The van der Waals surface area contributed by atoms with Gasteiger partial charge in [0.15, 0.2) is 11.6 Å². The van der Waals surface area contributed by atoms with Gasteiger partial charge in [-0.25, -0.2) is 0 Å². The van der Waals surface area contributed by atoms with Gasteiger partial charge in [0, 0.05) is 35.8 Å². The summed E-state index contributed by atoms with van der Waals surface area (Å²) in [6, 6.07) is 6.80. The number of hydrogen-bond acceptors (Lipinski definition) is 4. The van der Waals surface area contributed by atoms with Crippen molar-refractivity contribution in [1.29, 1.82) is 0 Å². The Bertz CT molecular complexity index is 649. The maximum Gasteiger partial charge on any atom is 0.229 e.